The van der Waals surface area contributed by atoms with Crippen LogP contribution >= 0.6 is 0 Å². The van der Waals surface area contributed by atoms with Gasteiger partial charge in [-0.15, -0.1) is 0 Å². The SMILES string of the molecule is COC(=O)Cc1onc(C)c1C(=O)O. The number of carbonyl (C=O) groups excluding carboxylic acids is 1. The first-order valence-corrected chi connectivity index (χ1v) is 3.81. The number of ether oxygens (including phenoxy) is 1. The van der Waals surface area contributed by atoms with Gasteiger partial charge in [0.25, 0.3) is 0 Å². The number of nitrogens with zero attached hydrogens (tertiary/aromatic N) is 1. The molecule has 0 amide bonds. The highest BCUT2D eigenvalue weighted by Crippen LogP contribution is 2.14. The third-order valence-corrected chi connectivity index (χ3v) is 1.68. The monoisotopic (exact) mass is 199 g/mol. The second-order valence-corrected chi connectivity index (χ2v) is 2.62. The highest BCUT2D eigenvalue weighted by atomic mass is 16.5. The van der Waals surface area contributed by atoms with Crippen molar-refractivity contribution in [3.63, 3.8) is 0 Å². The van der Waals surface area contributed by atoms with E-state index in [9.17, 15) is 9.59 Å². The summed E-state index contributed by atoms with van der Waals surface area (Å²) in [5.74, 6) is -1.71. The molecule has 0 aromatic carbocycles. The summed E-state index contributed by atoms with van der Waals surface area (Å²) < 4.78 is 9.08. The van der Waals surface area contributed by atoms with Crippen LogP contribution in [-0.4, -0.2) is 29.3 Å². The van der Waals surface area contributed by atoms with Crippen molar-refractivity contribution in [2.45, 2.75) is 13.3 Å². The lowest BCUT2D eigenvalue weighted by atomic mass is 10.1. The molecule has 0 saturated heterocycles. The van der Waals surface area contributed by atoms with E-state index in [4.69, 9.17) is 9.63 Å². The molecule has 0 unspecified atom stereocenters. The topological polar surface area (TPSA) is 89.6 Å². The average Bonchev–Trinajstić information content (AvgIpc) is 2.46. The second-order valence-electron chi connectivity index (χ2n) is 2.62. The molecule has 1 aromatic rings. The Morgan fingerprint density at radius 1 is 1.57 bits per heavy atom. The van der Waals surface area contributed by atoms with E-state index >= 15 is 0 Å². The lowest BCUT2D eigenvalue weighted by Crippen LogP contribution is -2.08. The summed E-state index contributed by atoms with van der Waals surface area (Å²) in [5.41, 5.74) is 0.173. The summed E-state index contributed by atoms with van der Waals surface area (Å²) in [6, 6.07) is 0. The summed E-state index contributed by atoms with van der Waals surface area (Å²) >= 11 is 0. The highest BCUT2D eigenvalue weighted by Gasteiger charge is 2.21. The van der Waals surface area contributed by atoms with E-state index in [1.54, 1.807) is 0 Å². The Labute approximate surface area is 79.5 Å². The van der Waals surface area contributed by atoms with E-state index in [0.717, 1.165) is 0 Å². The number of aromatic carboxylic acids is 1. The predicted octanol–water partition coefficient (Wildman–Crippen LogP) is 0.397. The molecule has 0 spiro atoms. The third kappa shape index (κ3) is 1.90. The number of aromatic nitrogens is 1. The second kappa shape index (κ2) is 3.91. The van der Waals surface area contributed by atoms with Crippen LogP contribution in [0.15, 0.2) is 4.52 Å². The van der Waals surface area contributed by atoms with Crippen LogP contribution in [0.2, 0.25) is 0 Å². The molecule has 0 aliphatic heterocycles. The van der Waals surface area contributed by atoms with Crippen molar-refractivity contribution in [1.82, 2.24) is 5.16 Å². The fourth-order valence-corrected chi connectivity index (χ4v) is 1.01. The molecule has 1 aromatic heterocycles. The van der Waals surface area contributed by atoms with Crippen molar-refractivity contribution < 1.29 is 24.0 Å². The molecule has 1 N–H and O–H groups in total. The van der Waals surface area contributed by atoms with Crippen molar-refractivity contribution in [3.8, 4) is 0 Å². The Morgan fingerprint density at radius 3 is 2.71 bits per heavy atom. The molecule has 6 nitrogen and oxygen atoms in total. The molecule has 14 heavy (non-hydrogen) atoms. The fourth-order valence-electron chi connectivity index (χ4n) is 1.01. The number of carboxylic acid groups (broad SMARTS) is 1. The largest absolute Gasteiger partial charge is 0.477 e. The third-order valence-electron chi connectivity index (χ3n) is 1.68. The van der Waals surface area contributed by atoms with Gasteiger partial charge in [-0.2, -0.15) is 0 Å². The Kier molecular flexibility index (Phi) is 2.85. The van der Waals surface area contributed by atoms with Gasteiger partial charge in [0.05, 0.1) is 12.8 Å². The molecule has 0 radical (unpaired) electrons. The highest BCUT2D eigenvalue weighted by molar-refractivity contribution is 5.91. The van der Waals surface area contributed by atoms with Crippen molar-refractivity contribution >= 4 is 11.9 Å². The maximum Gasteiger partial charge on any atom is 0.341 e. The molecule has 0 aliphatic rings. The van der Waals surface area contributed by atoms with E-state index in [1.807, 2.05) is 0 Å². The van der Waals surface area contributed by atoms with Gasteiger partial charge < -0.3 is 14.4 Å². The van der Waals surface area contributed by atoms with Gasteiger partial charge >= 0.3 is 11.9 Å². The summed E-state index contributed by atoms with van der Waals surface area (Å²) in [5, 5.41) is 12.2. The summed E-state index contributed by atoms with van der Waals surface area (Å²) in [6.45, 7) is 1.49. The van der Waals surface area contributed by atoms with Crippen LogP contribution in [0.25, 0.3) is 0 Å². The zero-order chi connectivity index (χ0) is 10.7. The molecule has 0 saturated carbocycles. The predicted molar refractivity (Wildman–Crippen MR) is 43.9 cm³/mol. The van der Waals surface area contributed by atoms with Crippen LogP contribution in [0.1, 0.15) is 21.8 Å². The van der Waals surface area contributed by atoms with Crippen molar-refractivity contribution in [2.75, 3.05) is 7.11 Å². The minimum atomic E-state index is -1.16. The number of hydrogen-bond donors (Lipinski definition) is 1. The van der Waals surface area contributed by atoms with Gasteiger partial charge in [-0.3, -0.25) is 4.79 Å². The van der Waals surface area contributed by atoms with Crippen LogP contribution in [0.5, 0.6) is 0 Å². The van der Waals surface area contributed by atoms with Gasteiger partial charge in [-0.25, -0.2) is 4.79 Å². The quantitative estimate of drug-likeness (QED) is 0.708. The number of carbonyl (C=O) groups is 2. The molecular formula is C8H9NO5. The van der Waals surface area contributed by atoms with Crippen LogP contribution in [0.4, 0.5) is 0 Å². The van der Waals surface area contributed by atoms with E-state index in [0.29, 0.717) is 0 Å². The molecule has 0 fully saturated rings. The zero-order valence-corrected chi connectivity index (χ0v) is 7.73. The average molecular weight is 199 g/mol. The maximum absolute atomic E-state index is 10.9. The number of esters is 1. The molecule has 6 heteroatoms. The van der Waals surface area contributed by atoms with E-state index in [1.165, 1.54) is 14.0 Å². The van der Waals surface area contributed by atoms with Crippen LogP contribution < -0.4 is 0 Å². The van der Waals surface area contributed by atoms with Gasteiger partial charge in [0, 0.05) is 0 Å². The molecule has 76 valence electrons. The summed E-state index contributed by atoms with van der Waals surface area (Å²) in [4.78, 5) is 21.6. The smallest absolute Gasteiger partial charge is 0.341 e. The lowest BCUT2D eigenvalue weighted by Gasteiger charge is -1.96. The standard InChI is InChI=1S/C8H9NO5/c1-4-7(8(11)12)5(14-9-4)3-6(10)13-2/h3H2,1-2H3,(H,11,12). The van der Waals surface area contributed by atoms with Crippen molar-refractivity contribution in [3.05, 3.63) is 17.0 Å². The first-order valence-electron chi connectivity index (χ1n) is 3.81. The fraction of sp³-hybridized carbons (Fsp3) is 0.375. The Balaban J connectivity index is 2.98. The molecule has 0 aliphatic carbocycles. The van der Waals surface area contributed by atoms with Gasteiger partial charge in [-0.05, 0) is 6.92 Å². The van der Waals surface area contributed by atoms with Crippen LogP contribution in [0.3, 0.4) is 0 Å². The lowest BCUT2D eigenvalue weighted by molar-refractivity contribution is -0.140. The van der Waals surface area contributed by atoms with Gasteiger partial charge in [0.1, 0.15) is 12.0 Å². The van der Waals surface area contributed by atoms with E-state index < -0.39 is 11.9 Å². The molecule has 1 rings (SSSR count). The number of methoxy groups -OCH3 is 1. The molecular weight excluding hydrogens is 190 g/mol. The number of hydrogen-bond acceptors (Lipinski definition) is 5. The van der Waals surface area contributed by atoms with Gasteiger partial charge in [0.15, 0.2) is 5.76 Å². The first kappa shape index (κ1) is 10.2. The minimum absolute atomic E-state index is 0.0156. The molecule has 1 heterocycles. The Morgan fingerprint density at radius 2 is 2.21 bits per heavy atom. The first-order chi connectivity index (χ1) is 6.56. The van der Waals surface area contributed by atoms with Gasteiger partial charge in [-0.1, -0.05) is 5.16 Å². The van der Waals surface area contributed by atoms with E-state index in [2.05, 4.69) is 9.89 Å². The number of carboxylic acids is 1. The van der Waals surface area contributed by atoms with E-state index in [-0.39, 0.29) is 23.4 Å². The normalized spacial score (nSPS) is 9.86. The van der Waals surface area contributed by atoms with Crippen molar-refractivity contribution in [2.24, 2.45) is 0 Å². The van der Waals surface area contributed by atoms with Crippen molar-refractivity contribution in [1.29, 1.82) is 0 Å². The maximum atomic E-state index is 10.9. The van der Waals surface area contributed by atoms with Gasteiger partial charge in [0.2, 0.25) is 0 Å². The Bertz CT molecular complexity index is 368. The zero-order valence-electron chi connectivity index (χ0n) is 7.73. The minimum Gasteiger partial charge on any atom is -0.477 e. The van der Waals surface area contributed by atoms with Crippen LogP contribution in [-0.2, 0) is 16.0 Å². The van der Waals surface area contributed by atoms with Crippen LogP contribution in [0, 0.1) is 6.92 Å². The molecule has 0 atom stereocenters. The molecule has 0 bridgehead atoms. The number of rotatable bonds is 3. The summed E-state index contributed by atoms with van der Waals surface area (Å²) in [6.07, 6.45) is -0.223. The number of aryl methyl sites for hydroxylation is 1. The summed E-state index contributed by atoms with van der Waals surface area (Å²) in [7, 11) is 1.21. The Hall–Kier alpha value is -1.85.